The maximum absolute atomic E-state index is 5.85. The standard InChI is InChI=1S/C17H28N2O/c1-12(2)20-16-9-7-14(8-10-16)13(3)19-17-6-4-5-15(17)11-18/h7-10,12-13,15,17,19H,4-6,11,18H2,1-3H3. The Labute approximate surface area is 122 Å². The van der Waals surface area contributed by atoms with E-state index in [1.54, 1.807) is 0 Å². The first kappa shape index (κ1) is 15.3. The second-order valence-electron chi connectivity index (χ2n) is 6.16. The van der Waals surface area contributed by atoms with E-state index >= 15 is 0 Å². The minimum absolute atomic E-state index is 0.222. The van der Waals surface area contributed by atoms with Gasteiger partial charge in [-0.05, 0) is 63.8 Å². The van der Waals surface area contributed by atoms with E-state index < -0.39 is 0 Å². The summed E-state index contributed by atoms with van der Waals surface area (Å²) in [6.07, 6.45) is 4.04. The predicted molar refractivity (Wildman–Crippen MR) is 83.9 cm³/mol. The summed E-state index contributed by atoms with van der Waals surface area (Å²) in [5, 5.41) is 3.74. The molecule has 0 amide bonds. The fraction of sp³-hybridized carbons (Fsp3) is 0.647. The Morgan fingerprint density at radius 1 is 1.20 bits per heavy atom. The Kier molecular flexibility index (Phi) is 5.44. The fourth-order valence-corrected chi connectivity index (χ4v) is 3.06. The van der Waals surface area contributed by atoms with Crippen LogP contribution in [-0.4, -0.2) is 18.7 Å². The first-order chi connectivity index (χ1) is 9.60. The van der Waals surface area contributed by atoms with Crippen molar-refractivity contribution in [2.75, 3.05) is 6.54 Å². The molecule has 3 nitrogen and oxygen atoms in total. The molecule has 3 heteroatoms. The summed E-state index contributed by atoms with van der Waals surface area (Å²) in [5.41, 5.74) is 7.16. The van der Waals surface area contributed by atoms with Crippen LogP contribution in [0.3, 0.4) is 0 Å². The summed E-state index contributed by atoms with van der Waals surface area (Å²) < 4.78 is 5.68. The van der Waals surface area contributed by atoms with Crippen molar-refractivity contribution in [2.45, 2.75) is 58.2 Å². The van der Waals surface area contributed by atoms with E-state index in [-0.39, 0.29) is 6.10 Å². The van der Waals surface area contributed by atoms with Gasteiger partial charge in [-0.1, -0.05) is 18.6 Å². The van der Waals surface area contributed by atoms with Gasteiger partial charge in [0.25, 0.3) is 0 Å². The SMILES string of the molecule is CC(C)Oc1ccc(C(C)NC2CCCC2CN)cc1. The zero-order chi connectivity index (χ0) is 14.5. The summed E-state index contributed by atoms with van der Waals surface area (Å²) in [6.45, 7) is 7.12. The van der Waals surface area contributed by atoms with Crippen LogP contribution in [0, 0.1) is 5.92 Å². The van der Waals surface area contributed by atoms with E-state index in [0.717, 1.165) is 12.3 Å². The van der Waals surface area contributed by atoms with Crippen LogP contribution in [0.2, 0.25) is 0 Å². The van der Waals surface area contributed by atoms with E-state index in [1.807, 2.05) is 13.8 Å². The minimum atomic E-state index is 0.222. The van der Waals surface area contributed by atoms with Crippen molar-refractivity contribution >= 4 is 0 Å². The average Bonchev–Trinajstić information content (AvgIpc) is 2.86. The molecule has 1 aromatic carbocycles. The second-order valence-corrected chi connectivity index (χ2v) is 6.16. The first-order valence-corrected chi connectivity index (χ1v) is 7.83. The van der Waals surface area contributed by atoms with Gasteiger partial charge in [-0.25, -0.2) is 0 Å². The lowest BCUT2D eigenvalue weighted by Gasteiger charge is -2.24. The molecule has 3 N–H and O–H groups in total. The Morgan fingerprint density at radius 2 is 1.90 bits per heavy atom. The molecule has 1 aliphatic carbocycles. The third-order valence-corrected chi connectivity index (χ3v) is 4.18. The van der Waals surface area contributed by atoms with Gasteiger partial charge in [-0.15, -0.1) is 0 Å². The quantitative estimate of drug-likeness (QED) is 0.838. The Morgan fingerprint density at radius 3 is 2.50 bits per heavy atom. The summed E-state index contributed by atoms with van der Waals surface area (Å²) in [4.78, 5) is 0. The molecule has 2 rings (SSSR count). The molecule has 0 bridgehead atoms. The zero-order valence-electron chi connectivity index (χ0n) is 12.9. The Balaban J connectivity index is 1.93. The molecule has 112 valence electrons. The number of hydrogen-bond acceptors (Lipinski definition) is 3. The number of benzene rings is 1. The van der Waals surface area contributed by atoms with E-state index in [0.29, 0.717) is 18.0 Å². The maximum atomic E-state index is 5.85. The highest BCUT2D eigenvalue weighted by Gasteiger charge is 2.27. The number of ether oxygens (including phenoxy) is 1. The molecule has 0 heterocycles. The highest BCUT2D eigenvalue weighted by Crippen LogP contribution is 2.27. The van der Waals surface area contributed by atoms with E-state index in [9.17, 15) is 0 Å². The number of hydrogen-bond donors (Lipinski definition) is 2. The second kappa shape index (κ2) is 7.09. The zero-order valence-corrected chi connectivity index (χ0v) is 12.9. The third kappa shape index (κ3) is 3.97. The van der Waals surface area contributed by atoms with Crippen LogP contribution in [0.1, 0.15) is 51.6 Å². The van der Waals surface area contributed by atoms with Crippen LogP contribution >= 0.6 is 0 Å². The molecule has 0 saturated heterocycles. The average molecular weight is 276 g/mol. The van der Waals surface area contributed by atoms with Gasteiger partial charge >= 0.3 is 0 Å². The lowest BCUT2D eigenvalue weighted by atomic mass is 10.0. The van der Waals surface area contributed by atoms with Gasteiger partial charge in [0.2, 0.25) is 0 Å². The number of nitrogens with two attached hydrogens (primary N) is 1. The van der Waals surface area contributed by atoms with Gasteiger partial charge in [0.15, 0.2) is 0 Å². The number of nitrogens with one attached hydrogen (secondary N) is 1. The molecule has 1 aliphatic rings. The van der Waals surface area contributed by atoms with Crippen LogP contribution in [0.25, 0.3) is 0 Å². The molecule has 20 heavy (non-hydrogen) atoms. The lowest BCUT2D eigenvalue weighted by molar-refractivity contribution is 0.242. The molecule has 3 unspecified atom stereocenters. The third-order valence-electron chi connectivity index (χ3n) is 4.18. The lowest BCUT2D eigenvalue weighted by Crippen LogP contribution is -2.37. The van der Waals surface area contributed by atoms with Gasteiger partial charge in [0, 0.05) is 12.1 Å². The smallest absolute Gasteiger partial charge is 0.119 e. The highest BCUT2D eigenvalue weighted by molar-refractivity contribution is 5.29. The van der Waals surface area contributed by atoms with Gasteiger partial charge in [0.05, 0.1) is 6.10 Å². The molecule has 0 radical (unpaired) electrons. The molecular formula is C17H28N2O. The largest absolute Gasteiger partial charge is 0.491 e. The Bertz CT molecular complexity index is 402. The van der Waals surface area contributed by atoms with Gasteiger partial charge in [0.1, 0.15) is 5.75 Å². The minimum Gasteiger partial charge on any atom is -0.491 e. The van der Waals surface area contributed by atoms with Crippen molar-refractivity contribution in [3.63, 3.8) is 0 Å². The van der Waals surface area contributed by atoms with Crippen molar-refractivity contribution in [3.8, 4) is 5.75 Å². The Hall–Kier alpha value is -1.06. The molecule has 1 aromatic rings. The molecule has 1 saturated carbocycles. The summed E-state index contributed by atoms with van der Waals surface area (Å²) in [6, 6.07) is 9.36. The van der Waals surface area contributed by atoms with Crippen LogP contribution < -0.4 is 15.8 Å². The fourth-order valence-electron chi connectivity index (χ4n) is 3.06. The van der Waals surface area contributed by atoms with Gasteiger partial charge < -0.3 is 15.8 Å². The normalized spacial score (nSPS) is 24.1. The molecule has 1 fully saturated rings. The monoisotopic (exact) mass is 276 g/mol. The van der Waals surface area contributed by atoms with Crippen molar-refractivity contribution in [1.29, 1.82) is 0 Å². The van der Waals surface area contributed by atoms with Crippen molar-refractivity contribution < 1.29 is 4.74 Å². The van der Waals surface area contributed by atoms with E-state index in [2.05, 4.69) is 36.5 Å². The van der Waals surface area contributed by atoms with Crippen molar-refractivity contribution in [3.05, 3.63) is 29.8 Å². The number of rotatable bonds is 6. The molecule has 0 spiro atoms. The molecule has 0 aromatic heterocycles. The molecular weight excluding hydrogens is 248 g/mol. The summed E-state index contributed by atoms with van der Waals surface area (Å²) in [7, 11) is 0. The van der Waals surface area contributed by atoms with Gasteiger partial charge in [-0.2, -0.15) is 0 Å². The highest BCUT2D eigenvalue weighted by atomic mass is 16.5. The molecule has 3 atom stereocenters. The van der Waals surface area contributed by atoms with Gasteiger partial charge in [-0.3, -0.25) is 0 Å². The molecule has 0 aliphatic heterocycles. The summed E-state index contributed by atoms with van der Waals surface area (Å²) in [5.74, 6) is 1.58. The first-order valence-electron chi connectivity index (χ1n) is 7.83. The van der Waals surface area contributed by atoms with Crippen LogP contribution in [0.15, 0.2) is 24.3 Å². The van der Waals surface area contributed by atoms with Crippen molar-refractivity contribution in [2.24, 2.45) is 11.7 Å². The van der Waals surface area contributed by atoms with E-state index in [1.165, 1.54) is 24.8 Å². The summed E-state index contributed by atoms with van der Waals surface area (Å²) >= 11 is 0. The maximum Gasteiger partial charge on any atom is 0.119 e. The van der Waals surface area contributed by atoms with Crippen LogP contribution in [-0.2, 0) is 0 Å². The van der Waals surface area contributed by atoms with E-state index in [4.69, 9.17) is 10.5 Å². The van der Waals surface area contributed by atoms with Crippen LogP contribution in [0.5, 0.6) is 5.75 Å². The predicted octanol–water partition coefficient (Wildman–Crippen LogP) is 3.25. The van der Waals surface area contributed by atoms with Crippen LogP contribution in [0.4, 0.5) is 0 Å². The van der Waals surface area contributed by atoms with Crippen molar-refractivity contribution in [1.82, 2.24) is 5.32 Å². The topological polar surface area (TPSA) is 47.3 Å².